The van der Waals surface area contributed by atoms with Crippen LogP contribution in [-0.4, -0.2) is 11.1 Å². The van der Waals surface area contributed by atoms with Crippen molar-refractivity contribution in [1.29, 1.82) is 0 Å². The van der Waals surface area contributed by atoms with E-state index < -0.39 is 17.7 Å². The molecule has 0 amide bonds. The molecule has 0 aliphatic carbocycles. The molecule has 0 spiro atoms. The van der Waals surface area contributed by atoms with Gasteiger partial charge in [0, 0.05) is 9.58 Å². The van der Waals surface area contributed by atoms with Crippen molar-refractivity contribution < 1.29 is 23.1 Å². The summed E-state index contributed by atoms with van der Waals surface area (Å²) in [4.78, 5) is 11.6. The molecule has 2 rings (SSSR count). The Kier molecular flexibility index (Phi) is 4.56. The van der Waals surface area contributed by atoms with Gasteiger partial charge in [-0.2, -0.15) is 13.2 Å². The molecule has 0 fully saturated rings. The van der Waals surface area contributed by atoms with Gasteiger partial charge >= 0.3 is 12.1 Å². The van der Waals surface area contributed by atoms with E-state index in [1.54, 1.807) is 0 Å². The quantitative estimate of drug-likeness (QED) is 0.852. The van der Waals surface area contributed by atoms with E-state index in [0.29, 0.717) is 16.0 Å². The maximum Gasteiger partial charge on any atom is 0.416 e. The van der Waals surface area contributed by atoms with Gasteiger partial charge in [-0.1, -0.05) is 19.4 Å². The van der Waals surface area contributed by atoms with Gasteiger partial charge in [0.15, 0.2) is 0 Å². The second kappa shape index (κ2) is 6.05. The fourth-order valence-corrected chi connectivity index (χ4v) is 3.57. The van der Waals surface area contributed by atoms with Crippen molar-refractivity contribution in [2.45, 2.75) is 38.8 Å². The number of carboxylic acids is 1. The Balaban J connectivity index is 2.52. The third-order valence-corrected chi connectivity index (χ3v) is 4.49. The van der Waals surface area contributed by atoms with E-state index in [1.807, 2.05) is 6.92 Å². The van der Waals surface area contributed by atoms with Crippen LogP contribution in [0.5, 0.6) is 0 Å². The average Bonchev–Trinajstić information content (AvgIpc) is 2.70. The predicted molar refractivity (Wildman–Crippen MR) is 76.8 cm³/mol. The van der Waals surface area contributed by atoms with Crippen LogP contribution in [-0.2, 0) is 23.8 Å². The molecule has 1 aromatic heterocycles. The summed E-state index contributed by atoms with van der Waals surface area (Å²) in [5.74, 6) is -0.963. The number of halogens is 3. The van der Waals surface area contributed by atoms with E-state index in [9.17, 15) is 18.0 Å². The monoisotopic (exact) mass is 316 g/mol. The smallest absolute Gasteiger partial charge is 0.416 e. The highest BCUT2D eigenvalue weighted by Crippen LogP contribution is 2.37. The molecular weight excluding hydrogens is 301 g/mol. The molecule has 0 aliphatic rings. The molecule has 0 unspecified atom stereocenters. The van der Waals surface area contributed by atoms with Gasteiger partial charge in [0.2, 0.25) is 0 Å². The summed E-state index contributed by atoms with van der Waals surface area (Å²) < 4.78 is 38.7. The van der Waals surface area contributed by atoms with Gasteiger partial charge in [-0.25, -0.2) is 0 Å². The molecular formula is C15H15F3O2S. The Morgan fingerprint density at radius 3 is 2.62 bits per heavy atom. The molecule has 1 aromatic carbocycles. The van der Waals surface area contributed by atoms with Crippen LogP contribution < -0.4 is 0 Å². The lowest BCUT2D eigenvalue weighted by molar-refractivity contribution is -0.138. The lowest BCUT2D eigenvalue weighted by Gasteiger charge is -2.06. The largest absolute Gasteiger partial charge is 0.481 e. The zero-order valence-electron chi connectivity index (χ0n) is 11.5. The number of hydrogen-bond acceptors (Lipinski definition) is 2. The van der Waals surface area contributed by atoms with Gasteiger partial charge in [0.05, 0.1) is 12.0 Å². The molecule has 6 heteroatoms. The van der Waals surface area contributed by atoms with Crippen molar-refractivity contribution in [2.75, 3.05) is 0 Å². The van der Waals surface area contributed by atoms with Crippen LogP contribution in [0.2, 0.25) is 0 Å². The van der Waals surface area contributed by atoms with E-state index in [0.717, 1.165) is 47.3 Å². The standard InChI is InChI=1S/C15H15F3O2S/c1-2-3-4-10-11-6-5-9(15(16,17)18)7-12(11)21-13(10)8-14(19)20/h5-7H,2-4,8H2,1H3,(H,19,20). The minimum Gasteiger partial charge on any atom is -0.481 e. The molecule has 1 heterocycles. The fraction of sp³-hybridized carbons (Fsp3) is 0.400. The Hall–Kier alpha value is -1.56. The maximum atomic E-state index is 12.7. The summed E-state index contributed by atoms with van der Waals surface area (Å²) in [6.07, 6.45) is -1.98. The predicted octanol–water partition coefficient (Wildman–Crippen LogP) is 4.89. The first-order chi connectivity index (χ1) is 9.82. The van der Waals surface area contributed by atoms with Crippen LogP contribution >= 0.6 is 11.3 Å². The number of thiophene rings is 1. The van der Waals surface area contributed by atoms with Crippen molar-refractivity contribution in [1.82, 2.24) is 0 Å². The Labute approximate surface area is 124 Å². The molecule has 1 N–H and O–H groups in total. The minimum absolute atomic E-state index is 0.139. The van der Waals surface area contributed by atoms with Gasteiger partial charge < -0.3 is 5.11 Å². The molecule has 21 heavy (non-hydrogen) atoms. The maximum absolute atomic E-state index is 12.7. The summed E-state index contributed by atoms with van der Waals surface area (Å²) >= 11 is 1.15. The molecule has 2 aromatic rings. The highest BCUT2D eigenvalue weighted by atomic mass is 32.1. The average molecular weight is 316 g/mol. The number of carboxylic acid groups (broad SMARTS) is 1. The van der Waals surface area contributed by atoms with Crippen molar-refractivity contribution in [2.24, 2.45) is 0 Å². The van der Waals surface area contributed by atoms with Crippen LogP contribution in [0.3, 0.4) is 0 Å². The van der Waals surface area contributed by atoms with E-state index in [2.05, 4.69) is 0 Å². The third-order valence-electron chi connectivity index (χ3n) is 3.30. The second-order valence-electron chi connectivity index (χ2n) is 4.89. The van der Waals surface area contributed by atoms with Crippen molar-refractivity contribution in [3.8, 4) is 0 Å². The van der Waals surface area contributed by atoms with Crippen LogP contribution in [0, 0.1) is 0 Å². The number of alkyl halides is 3. The van der Waals surface area contributed by atoms with Crippen molar-refractivity contribution >= 4 is 27.4 Å². The van der Waals surface area contributed by atoms with E-state index >= 15 is 0 Å². The van der Waals surface area contributed by atoms with Crippen molar-refractivity contribution in [3.63, 3.8) is 0 Å². The van der Waals surface area contributed by atoms with Crippen LogP contribution in [0.15, 0.2) is 18.2 Å². The minimum atomic E-state index is -4.38. The van der Waals surface area contributed by atoms with Gasteiger partial charge in [-0.15, -0.1) is 11.3 Å². The second-order valence-corrected chi connectivity index (χ2v) is 6.02. The van der Waals surface area contributed by atoms with Gasteiger partial charge in [0.1, 0.15) is 0 Å². The van der Waals surface area contributed by atoms with E-state index in [-0.39, 0.29) is 6.42 Å². The number of carbonyl (C=O) groups is 1. The molecule has 0 saturated heterocycles. The lowest BCUT2D eigenvalue weighted by Crippen LogP contribution is -2.04. The summed E-state index contributed by atoms with van der Waals surface area (Å²) in [6.45, 7) is 2.02. The van der Waals surface area contributed by atoms with Gasteiger partial charge in [-0.05, 0) is 35.9 Å². The van der Waals surface area contributed by atoms with E-state index in [4.69, 9.17) is 5.11 Å². The number of aryl methyl sites for hydroxylation is 1. The number of aliphatic carboxylic acids is 1. The fourth-order valence-electron chi connectivity index (χ4n) is 2.28. The summed E-state index contributed by atoms with van der Waals surface area (Å²) in [5, 5.41) is 9.70. The highest BCUT2D eigenvalue weighted by molar-refractivity contribution is 7.19. The number of hydrogen-bond donors (Lipinski definition) is 1. The molecule has 0 radical (unpaired) electrons. The molecule has 0 aliphatic heterocycles. The normalized spacial score (nSPS) is 12.0. The molecule has 0 bridgehead atoms. The summed E-state index contributed by atoms with van der Waals surface area (Å²) in [6, 6.07) is 3.64. The van der Waals surface area contributed by atoms with Crippen molar-refractivity contribution in [3.05, 3.63) is 34.2 Å². The Morgan fingerprint density at radius 2 is 2.05 bits per heavy atom. The zero-order chi connectivity index (χ0) is 15.6. The topological polar surface area (TPSA) is 37.3 Å². The summed E-state index contributed by atoms with van der Waals surface area (Å²) in [5.41, 5.74) is 0.188. The Bertz CT molecular complexity index is 659. The first kappa shape index (κ1) is 15.8. The lowest BCUT2D eigenvalue weighted by atomic mass is 10.0. The molecule has 0 atom stereocenters. The number of fused-ring (bicyclic) bond motifs is 1. The van der Waals surface area contributed by atoms with Crippen LogP contribution in [0.1, 0.15) is 35.8 Å². The van der Waals surface area contributed by atoms with E-state index in [1.165, 1.54) is 6.07 Å². The first-order valence-corrected chi connectivity index (χ1v) is 7.48. The molecule has 0 saturated carbocycles. The highest BCUT2D eigenvalue weighted by Gasteiger charge is 2.31. The van der Waals surface area contributed by atoms with Gasteiger partial charge in [0.25, 0.3) is 0 Å². The van der Waals surface area contributed by atoms with Crippen LogP contribution in [0.4, 0.5) is 13.2 Å². The molecule has 114 valence electrons. The number of unbranched alkanes of at least 4 members (excludes halogenated alkanes) is 1. The number of rotatable bonds is 5. The van der Waals surface area contributed by atoms with Gasteiger partial charge in [-0.3, -0.25) is 4.79 Å². The Morgan fingerprint density at radius 1 is 1.33 bits per heavy atom. The van der Waals surface area contributed by atoms with Crippen LogP contribution in [0.25, 0.3) is 10.1 Å². The number of benzene rings is 1. The first-order valence-electron chi connectivity index (χ1n) is 6.66. The zero-order valence-corrected chi connectivity index (χ0v) is 12.3. The summed E-state index contributed by atoms with van der Waals surface area (Å²) in [7, 11) is 0. The molecule has 2 nitrogen and oxygen atoms in total. The SMILES string of the molecule is CCCCc1c(CC(=O)O)sc2cc(C(F)(F)F)ccc12. The third kappa shape index (κ3) is 3.56.